The number of nitrogens with one attached hydrogen (secondary N) is 1. The van der Waals surface area contributed by atoms with Crippen molar-refractivity contribution >= 4 is 63.1 Å². The molecule has 11 nitrogen and oxygen atoms in total. The minimum absolute atomic E-state index is 0.127. The van der Waals surface area contributed by atoms with Gasteiger partial charge < -0.3 is 34.6 Å². The van der Waals surface area contributed by atoms with Crippen LogP contribution in [0.15, 0.2) is 84.9 Å². The molecule has 3 saturated heterocycles. The number of aromatic hydroxyl groups is 1. The van der Waals surface area contributed by atoms with E-state index in [1.54, 1.807) is 29.2 Å². The van der Waals surface area contributed by atoms with Crippen molar-refractivity contribution in [3.8, 4) is 27.7 Å². The molecule has 0 saturated carbocycles. The molecule has 298 valence electrons. The second kappa shape index (κ2) is 16.1. The summed E-state index contributed by atoms with van der Waals surface area (Å²) in [6.07, 6.45) is 7.85. The van der Waals surface area contributed by atoms with Gasteiger partial charge in [-0.25, -0.2) is 0 Å². The highest BCUT2D eigenvalue weighted by Crippen LogP contribution is 2.47. The molecule has 5 heterocycles. The molecule has 4 aromatic carbocycles. The van der Waals surface area contributed by atoms with Gasteiger partial charge in [0.05, 0.1) is 4.88 Å². The molecule has 0 bridgehead atoms. The maximum absolute atomic E-state index is 13.1. The normalized spacial score (nSPS) is 19.2. The summed E-state index contributed by atoms with van der Waals surface area (Å²) >= 11 is 1.52. The third kappa shape index (κ3) is 7.78. The van der Waals surface area contributed by atoms with Gasteiger partial charge in [0, 0.05) is 66.2 Å². The van der Waals surface area contributed by atoms with Gasteiger partial charge in [-0.3, -0.25) is 19.7 Å². The number of carbonyl (C=O) groups is 3. The molecule has 1 atom stereocenters. The maximum atomic E-state index is 13.1. The molecule has 0 spiro atoms. The minimum Gasteiger partial charge on any atom is -0.508 e. The van der Waals surface area contributed by atoms with Crippen molar-refractivity contribution in [2.24, 2.45) is 11.8 Å². The van der Waals surface area contributed by atoms with Gasteiger partial charge >= 0.3 is 7.12 Å². The Kier molecular flexibility index (Phi) is 10.6. The first-order chi connectivity index (χ1) is 28.2. The molecule has 13 heteroatoms. The first-order valence-electron chi connectivity index (χ1n) is 20.4. The zero-order chi connectivity index (χ0) is 39.9. The summed E-state index contributed by atoms with van der Waals surface area (Å²) in [5.74, 6) is 2.30. The summed E-state index contributed by atoms with van der Waals surface area (Å²) in [5.41, 5.74) is 5.25. The molecule has 4 aliphatic rings. The number of benzene rings is 4. The summed E-state index contributed by atoms with van der Waals surface area (Å²) < 4.78 is 7.44. The molecule has 9 rings (SSSR count). The van der Waals surface area contributed by atoms with Crippen molar-refractivity contribution in [3.63, 3.8) is 0 Å². The lowest BCUT2D eigenvalue weighted by molar-refractivity contribution is -0.136. The van der Waals surface area contributed by atoms with E-state index in [-0.39, 0.29) is 29.9 Å². The van der Waals surface area contributed by atoms with Crippen molar-refractivity contribution in [2.45, 2.75) is 64.0 Å². The summed E-state index contributed by atoms with van der Waals surface area (Å²) in [4.78, 5) is 44.6. The van der Waals surface area contributed by atoms with E-state index in [1.165, 1.54) is 42.7 Å². The Morgan fingerprint density at radius 3 is 2.07 bits per heavy atom. The van der Waals surface area contributed by atoms with Crippen LogP contribution < -0.4 is 25.3 Å². The Balaban J connectivity index is 0.750. The Bertz CT molecular complexity index is 2330. The van der Waals surface area contributed by atoms with Crippen LogP contribution in [-0.4, -0.2) is 77.1 Å². The van der Waals surface area contributed by atoms with Gasteiger partial charge in [0.2, 0.25) is 11.8 Å². The number of amides is 3. The number of rotatable bonds is 10. The van der Waals surface area contributed by atoms with Crippen LogP contribution in [0.1, 0.15) is 67.3 Å². The molecule has 0 radical (unpaired) electrons. The lowest BCUT2D eigenvalue weighted by Gasteiger charge is -2.36. The lowest BCUT2D eigenvalue weighted by atomic mass is 9.80. The minimum atomic E-state index is -1.53. The van der Waals surface area contributed by atoms with Gasteiger partial charge in [0.15, 0.2) is 5.75 Å². The Morgan fingerprint density at radius 1 is 0.759 bits per heavy atom. The van der Waals surface area contributed by atoms with Crippen LogP contribution in [-0.2, 0) is 16.1 Å². The number of carbonyl (C=O) groups excluding carboxylic acids is 3. The third-order valence-corrected chi connectivity index (χ3v) is 13.8. The Labute approximate surface area is 342 Å². The van der Waals surface area contributed by atoms with Crippen LogP contribution in [0.25, 0.3) is 20.5 Å². The van der Waals surface area contributed by atoms with Crippen molar-refractivity contribution in [1.82, 2.24) is 10.2 Å². The average Bonchev–Trinajstić information content (AvgIpc) is 3.76. The molecular formula is C45H47BN4O7S. The van der Waals surface area contributed by atoms with E-state index in [2.05, 4.69) is 33.3 Å². The number of phenols is 1. The first kappa shape index (κ1) is 38.2. The highest BCUT2D eigenvalue weighted by atomic mass is 32.1. The van der Waals surface area contributed by atoms with E-state index in [0.717, 1.165) is 88.4 Å². The number of phenolic OH excluding ortho intramolecular Hbond substituents is 1. The molecular weight excluding hydrogens is 751 g/mol. The van der Waals surface area contributed by atoms with Crippen molar-refractivity contribution in [2.75, 3.05) is 36.0 Å². The van der Waals surface area contributed by atoms with Gasteiger partial charge in [-0.05, 0) is 121 Å². The number of hydrogen-bond acceptors (Lipinski definition) is 10. The number of imide groups is 1. The highest BCUT2D eigenvalue weighted by Gasteiger charge is 2.39. The fraction of sp³-hybridized carbons (Fsp3) is 0.356. The lowest BCUT2D eigenvalue weighted by Crippen LogP contribution is -2.52. The van der Waals surface area contributed by atoms with Gasteiger partial charge in [-0.1, -0.05) is 37.1 Å². The topological polar surface area (TPSA) is 143 Å². The standard InChI is InChI=1S/C45H47BN4O7S/c51-35-10-14-38-40(26-35)58-43(30-3-5-32(6-4-30)46(55)56)42(38)57-36-11-7-33(8-12-36)48-21-17-28(18-22-48)1-2-29-19-23-49(24-20-29)34-9-13-37-31(25-34)27-50(45(37)54)39-15-16-41(52)47-44(39)53/h3-14,25-26,28-29,39,51,55-56H,1-2,15-24,27H2,(H,47,52,53). The van der Waals surface area contributed by atoms with E-state index >= 15 is 0 Å². The summed E-state index contributed by atoms with van der Waals surface area (Å²) in [5, 5.41) is 32.6. The highest BCUT2D eigenvalue weighted by molar-refractivity contribution is 7.22. The molecule has 58 heavy (non-hydrogen) atoms. The van der Waals surface area contributed by atoms with Gasteiger partial charge in [0.25, 0.3) is 5.91 Å². The van der Waals surface area contributed by atoms with Gasteiger partial charge in [-0.15, -0.1) is 11.3 Å². The SMILES string of the molecule is O=C1CCC(N2Cc3cc(N4CCC(CCC5CCN(c6ccc(Oc7c(-c8ccc(B(O)O)cc8)sc8cc(O)ccc78)cc6)CC5)CC4)ccc3C2=O)C(=O)N1. The molecule has 1 aromatic heterocycles. The number of anilines is 2. The molecule has 0 aliphatic carbocycles. The molecule has 5 aromatic rings. The first-order valence-corrected chi connectivity index (χ1v) is 21.3. The fourth-order valence-electron chi connectivity index (χ4n) is 9.19. The number of piperidine rings is 3. The zero-order valence-electron chi connectivity index (χ0n) is 32.3. The molecule has 3 fully saturated rings. The van der Waals surface area contributed by atoms with Crippen molar-refractivity contribution in [3.05, 3.63) is 96.1 Å². The van der Waals surface area contributed by atoms with Gasteiger partial charge in [0.1, 0.15) is 17.5 Å². The molecule has 3 amide bonds. The van der Waals surface area contributed by atoms with Crippen LogP contribution in [0.5, 0.6) is 17.2 Å². The number of hydrogen-bond donors (Lipinski definition) is 4. The van der Waals surface area contributed by atoms with Gasteiger partial charge in [-0.2, -0.15) is 0 Å². The van der Waals surface area contributed by atoms with E-state index in [9.17, 15) is 29.5 Å². The number of nitrogens with zero attached hydrogens (tertiary/aromatic N) is 3. The fourth-order valence-corrected chi connectivity index (χ4v) is 10.4. The Hall–Kier alpha value is -5.37. The van der Waals surface area contributed by atoms with Crippen LogP contribution in [0, 0.1) is 11.8 Å². The smallest absolute Gasteiger partial charge is 0.488 e. The van der Waals surface area contributed by atoms with E-state index < -0.39 is 13.2 Å². The van der Waals surface area contributed by atoms with Crippen LogP contribution in [0.4, 0.5) is 11.4 Å². The summed E-state index contributed by atoms with van der Waals surface area (Å²) in [6, 6.07) is 26.2. The van der Waals surface area contributed by atoms with Crippen LogP contribution in [0.2, 0.25) is 0 Å². The number of thiophene rings is 1. The molecule has 1 unspecified atom stereocenters. The van der Waals surface area contributed by atoms with E-state index in [4.69, 9.17) is 4.74 Å². The third-order valence-electron chi connectivity index (χ3n) is 12.6. The quantitative estimate of drug-likeness (QED) is 0.0931. The monoisotopic (exact) mass is 798 g/mol. The van der Waals surface area contributed by atoms with Crippen LogP contribution in [0.3, 0.4) is 0 Å². The maximum Gasteiger partial charge on any atom is 0.488 e. The van der Waals surface area contributed by atoms with Crippen LogP contribution >= 0.6 is 11.3 Å². The number of ether oxygens (including phenoxy) is 1. The zero-order valence-corrected chi connectivity index (χ0v) is 33.1. The van der Waals surface area contributed by atoms with Crippen molar-refractivity contribution < 1.29 is 34.3 Å². The number of fused-ring (bicyclic) bond motifs is 2. The average molecular weight is 799 g/mol. The predicted molar refractivity (Wildman–Crippen MR) is 227 cm³/mol. The van der Waals surface area contributed by atoms with E-state index in [1.807, 2.05) is 42.5 Å². The second-order valence-corrected chi connectivity index (χ2v) is 17.3. The van der Waals surface area contributed by atoms with E-state index in [0.29, 0.717) is 29.7 Å². The second-order valence-electron chi connectivity index (χ2n) is 16.2. The molecule has 4 N–H and O–H groups in total. The predicted octanol–water partition coefficient (Wildman–Crippen LogP) is 6.42. The largest absolute Gasteiger partial charge is 0.508 e. The summed E-state index contributed by atoms with van der Waals surface area (Å²) in [7, 11) is -1.53. The van der Waals surface area contributed by atoms with Crippen molar-refractivity contribution in [1.29, 1.82) is 0 Å². The molecule has 4 aliphatic heterocycles. The summed E-state index contributed by atoms with van der Waals surface area (Å²) in [6.45, 7) is 4.48. The Morgan fingerprint density at radius 2 is 1.41 bits per heavy atom.